The average Bonchev–Trinajstić information content (AvgIpc) is 3.21. The Kier molecular flexibility index (Phi) is 5.09. The molecule has 0 bridgehead atoms. The molecule has 0 aliphatic rings. The molecule has 0 saturated carbocycles. The van der Waals surface area contributed by atoms with Crippen molar-refractivity contribution in [3.05, 3.63) is 99.8 Å². The van der Waals surface area contributed by atoms with Crippen LogP contribution in [-0.2, 0) is 0 Å². The minimum atomic E-state index is -0.435. The number of rotatable bonds is 5. The van der Waals surface area contributed by atoms with Crippen LogP contribution in [-0.4, -0.2) is 17.0 Å². The Labute approximate surface area is 171 Å². The quantitative estimate of drug-likeness (QED) is 0.287. The van der Waals surface area contributed by atoms with Crippen LogP contribution in [0.5, 0.6) is 0 Å². The number of nitrogens with zero attached hydrogens (tertiary/aromatic N) is 2. The standard InChI is InChI=1S/C23H17N3O4/c1-15-12-19(26(28)29)8-10-21(15)22-11-9-20(30-22)14-24-25-23(27)18-7-6-16-4-2-3-5-17(16)13-18/h2-14H,1H3,(H,25,27)/b24-14-. The molecule has 7 nitrogen and oxygen atoms in total. The lowest BCUT2D eigenvalue weighted by atomic mass is 10.1. The second-order valence-corrected chi connectivity index (χ2v) is 6.72. The first-order chi connectivity index (χ1) is 14.5. The second kappa shape index (κ2) is 8.00. The average molecular weight is 399 g/mol. The monoisotopic (exact) mass is 399 g/mol. The Morgan fingerprint density at radius 1 is 1.03 bits per heavy atom. The molecule has 0 unspecified atom stereocenters. The largest absolute Gasteiger partial charge is 0.455 e. The Morgan fingerprint density at radius 3 is 2.60 bits per heavy atom. The first kappa shape index (κ1) is 19.1. The highest BCUT2D eigenvalue weighted by molar-refractivity contribution is 5.98. The summed E-state index contributed by atoms with van der Waals surface area (Å²) in [7, 11) is 0. The van der Waals surface area contributed by atoms with Crippen molar-refractivity contribution >= 4 is 28.6 Å². The first-order valence-electron chi connectivity index (χ1n) is 9.19. The van der Waals surface area contributed by atoms with Gasteiger partial charge < -0.3 is 4.42 Å². The third-order valence-corrected chi connectivity index (χ3v) is 4.68. The number of amides is 1. The number of carbonyl (C=O) groups excluding carboxylic acids is 1. The predicted octanol–water partition coefficient (Wildman–Crippen LogP) is 5.08. The summed E-state index contributed by atoms with van der Waals surface area (Å²) in [6.07, 6.45) is 1.41. The summed E-state index contributed by atoms with van der Waals surface area (Å²) >= 11 is 0. The number of nitro benzene ring substituents is 1. The molecular weight excluding hydrogens is 382 g/mol. The SMILES string of the molecule is Cc1cc([N+](=O)[O-])ccc1-c1ccc(/C=N\NC(=O)c2ccc3ccccc3c2)o1. The van der Waals surface area contributed by atoms with Gasteiger partial charge in [0.05, 0.1) is 11.1 Å². The normalized spacial score (nSPS) is 11.1. The van der Waals surface area contributed by atoms with Crippen LogP contribution in [0.25, 0.3) is 22.1 Å². The molecule has 3 aromatic carbocycles. The van der Waals surface area contributed by atoms with E-state index in [4.69, 9.17) is 4.42 Å². The van der Waals surface area contributed by atoms with Gasteiger partial charge >= 0.3 is 0 Å². The summed E-state index contributed by atoms with van der Waals surface area (Å²) in [5.74, 6) is 0.682. The molecule has 0 saturated heterocycles. The molecule has 0 aliphatic carbocycles. The number of nitrogens with one attached hydrogen (secondary N) is 1. The van der Waals surface area contributed by atoms with Crippen molar-refractivity contribution in [3.63, 3.8) is 0 Å². The number of hydrogen-bond acceptors (Lipinski definition) is 5. The maximum absolute atomic E-state index is 12.3. The van der Waals surface area contributed by atoms with Crippen molar-refractivity contribution in [2.24, 2.45) is 5.10 Å². The van der Waals surface area contributed by atoms with Crippen molar-refractivity contribution < 1.29 is 14.1 Å². The number of benzene rings is 3. The number of furan rings is 1. The number of carbonyl (C=O) groups is 1. The number of hydrogen-bond donors (Lipinski definition) is 1. The summed E-state index contributed by atoms with van der Waals surface area (Å²) in [6.45, 7) is 1.78. The van der Waals surface area contributed by atoms with E-state index in [-0.39, 0.29) is 11.6 Å². The topological polar surface area (TPSA) is 97.7 Å². The van der Waals surface area contributed by atoms with E-state index in [1.807, 2.05) is 36.4 Å². The van der Waals surface area contributed by atoms with E-state index in [2.05, 4.69) is 10.5 Å². The van der Waals surface area contributed by atoms with E-state index in [1.165, 1.54) is 18.3 Å². The summed E-state index contributed by atoms with van der Waals surface area (Å²) in [5.41, 5.74) is 4.50. The van der Waals surface area contributed by atoms with Crippen LogP contribution in [0.15, 0.2) is 82.3 Å². The van der Waals surface area contributed by atoms with Gasteiger partial charge in [-0.1, -0.05) is 30.3 Å². The number of fused-ring (bicyclic) bond motifs is 1. The zero-order chi connectivity index (χ0) is 21.1. The van der Waals surface area contributed by atoms with Gasteiger partial charge in [0, 0.05) is 23.3 Å². The van der Waals surface area contributed by atoms with Gasteiger partial charge in [0.25, 0.3) is 11.6 Å². The lowest BCUT2D eigenvalue weighted by Gasteiger charge is -2.02. The van der Waals surface area contributed by atoms with Crippen LogP contribution in [0.1, 0.15) is 21.7 Å². The zero-order valence-electron chi connectivity index (χ0n) is 16.0. The highest BCUT2D eigenvalue weighted by Crippen LogP contribution is 2.28. The van der Waals surface area contributed by atoms with Gasteiger partial charge in [0.1, 0.15) is 11.5 Å². The van der Waals surface area contributed by atoms with E-state index >= 15 is 0 Å². The van der Waals surface area contributed by atoms with E-state index in [0.29, 0.717) is 17.1 Å². The molecule has 1 amide bonds. The molecule has 0 fully saturated rings. The Hall–Kier alpha value is -4.26. The van der Waals surface area contributed by atoms with E-state index in [0.717, 1.165) is 21.9 Å². The molecule has 0 spiro atoms. The minimum absolute atomic E-state index is 0.0287. The predicted molar refractivity (Wildman–Crippen MR) is 115 cm³/mol. The number of non-ortho nitro benzene ring substituents is 1. The molecule has 0 radical (unpaired) electrons. The molecule has 0 aliphatic heterocycles. The number of hydrazone groups is 1. The van der Waals surface area contributed by atoms with E-state index in [9.17, 15) is 14.9 Å². The fraction of sp³-hybridized carbons (Fsp3) is 0.0435. The Bertz CT molecular complexity index is 1290. The van der Waals surface area contributed by atoms with Gasteiger partial charge in [-0.25, -0.2) is 5.43 Å². The zero-order valence-corrected chi connectivity index (χ0v) is 16.0. The fourth-order valence-corrected chi connectivity index (χ4v) is 3.15. The highest BCUT2D eigenvalue weighted by atomic mass is 16.6. The molecule has 4 aromatic rings. The van der Waals surface area contributed by atoms with Gasteiger partial charge in [-0.15, -0.1) is 0 Å². The molecule has 0 atom stereocenters. The lowest BCUT2D eigenvalue weighted by molar-refractivity contribution is -0.384. The van der Waals surface area contributed by atoms with Gasteiger partial charge in [-0.2, -0.15) is 5.10 Å². The van der Waals surface area contributed by atoms with Crippen molar-refractivity contribution in [3.8, 4) is 11.3 Å². The van der Waals surface area contributed by atoms with Crippen LogP contribution in [0.4, 0.5) is 5.69 Å². The lowest BCUT2D eigenvalue weighted by Crippen LogP contribution is -2.17. The smallest absolute Gasteiger partial charge is 0.271 e. The van der Waals surface area contributed by atoms with Gasteiger partial charge in [-0.3, -0.25) is 14.9 Å². The highest BCUT2D eigenvalue weighted by Gasteiger charge is 2.12. The van der Waals surface area contributed by atoms with Crippen molar-refractivity contribution in [2.45, 2.75) is 6.92 Å². The Morgan fingerprint density at radius 2 is 1.83 bits per heavy atom. The molecule has 1 aromatic heterocycles. The van der Waals surface area contributed by atoms with Gasteiger partial charge in [0.15, 0.2) is 0 Å². The van der Waals surface area contributed by atoms with Crippen LogP contribution in [0, 0.1) is 17.0 Å². The van der Waals surface area contributed by atoms with E-state index in [1.54, 1.807) is 31.2 Å². The van der Waals surface area contributed by atoms with Crippen molar-refractivity contribution in [2.75, 3.05) is 0 Å². The maximum Gasteiger partial charge on any atom is 0.271 e. The fourth-order valence-electron chi connectivity index (χ4n) is 3.15. The molecule has 7 heteroatoms. The van der Waals surface area contributed by atoms with Crippen LogP contribution in [0.3, 0.4) is 0 Å². The van der Waals surface area contributed by atoms with Gasteiger partial charge in [0.2, 0.25) is 0 Å². The Balaban J connectivity index is 1.45. The molecule has 30 heavy (non-hydrogen) atoms. The first-order valence-corrected chi connectivity index (χ1v) is 9.19. The second-order valence-electron chi connectivity index (χ2n) is 6.72. The summed E-state index contributed by atoms with van der Waals surface area (Å²) in [6, 6.07) is 21.3. The van der Waals surface area contributed by atoms with Crippen LogP contribution in [0.2, 0.25) is 0 Å². The molecule has 1 N–H and O–H groups in total. The minimum Gasteiger partial charge on any atom is -0.455 e. The summed E-state index contributed by atoms with van der Waals surface area (Å²) < 4.78 is 5.73. The molecule has 148 valence electrons. The third kappa shape index (κ3) is 3.95. The van der Waals surface area contributed by atoms with E-state index < -0.39 is 4.92 Å². The maximum atomic E-state index is 12.3. The van der Waals surface area contributed by atoms with Crippen LogP contribution < -0.4 is 5.43 Å². The molecule has 4 rings (SSSR count). The van der Waals surface area contributed by atoms with Crippen molar-refractivity contribution in [1.29, 1.82) is 0 Å². The van der Waals surface area contributed by atoms with Crippen LogP contribution >= 0.6 is 0 Å². The number of nitro groups is 1. The van der Waals surface area contributed by atoms with Gasteiger partial charge in [-0.05, 0) is 53.6 Å². The summed E-state index contributed by atoms with van der Waals surface area (Å²) in [5, 5.41) is 16.9. The molecular formula is C23H17N3O4. The molecule has 1 heterocycles. The number of aryl methyl sites for hydroxylation is 1. The summed E-state index contributed by atoms with van der Waals surface area (Å²) in [4.78, 5) is 22.8. The van der Waals surface area contributed by atoms with Crippen molar-refractivity contribution in [1.82, 2.24) is 5.43 Å². The third-order valence-electron chi connectivity index (χ3n) is 4.68.